The van der Waals surface area contributed by atoms with E-state index < -0.39 is 23.2 Å². The van der Waals surface area contributed by atoms with Crippen LogP contribution in [0.3, 0.4) is 0 Å². The molecule has 8 heteroatoms. The fraction of sp³-hybridized carbons (Fsp3) is 0.500. The minimum Gasteiger partial charge on any atom is -0.259 e. The summed E-state index contributed by atoms with van der Waals surface area (Å²) in [4.78, 5) is 2.01. The Morgan fingerprint density at radius 2 is 1.50 bits per heavy atom. The van der Waals surface area contributed by atoms with Crippen LogP contribution in [0, 0.1) is 0 Å². The molecule has 0 aliphatic heterocycles. The maximum absolute atomic E-state index is 12.3. The summed E-state index contributed by atoms with van der Waals surface area (Å²) in [5.41, 5.74) is -0.637. The molecule has 1 rings (SSSR count). The first kappa shape index (κ1) is 14.6. The van der Waals surface area contributed by atoms with Gasteiger partial charge in [0, 0.05) is 5.69 Å². The summed E-state index contributed by atoms with van der Waals surface area (Å²) in [6, 6.07) is 1.90. The van der Waals surface area contributed by atoms with Gasteiger partial charge in [0.25, 0.3) is 0 Å². The second-order valence-corrected chi connectivity index (χ2v) is 3.87. The minimum absolute atomic E-state index is 0.0794. The standard InChI is InChI=1S/C10H10F6N2/c1-6(2)8-4-3-7(5-17-8)18(9(11,12)13)10(14,15)16/h3-6H,1-2H3. The molecule has 1 heterocycles. The Kier molecular flexibility index (Phi) is 3.78. The number of pyridine rings is 1. The fourth-order valence-corrected chi connectivity index (χ4v) is 1.31. The molecule has 0 atom stereocenters. The number of nitrogens with zero attached hydrogens (tertiary/aromatic N) is 2. The van der Waals surface area contributed by atoms with E-state index in [2.05, 4.69) is 4.98 Å². The molecule has 18 heavy (non-hydrogen) atoms. The van der Waals surface area contributed by atoms with Crippen molar-refractivity contribution in [3.8, 4) is 0 Å². The van der Waals surface area contributed by atoms with Gasteiger partial charge in [-0.05, 0) is 18.1 Å². The molecule has 102 valence electrons. The zero-order valence-electron chi connectivity index (χ0n) is 9.47. The van der Waals surface area contributed by atoms with Gasteiger partial charge in [-0.1, -0.05) is 13.8 Å². The summed E-state index contributed by atoms with van der Waals surface area (Å²) in [6.07, 6.45) is -10.5. The molecule has 0 saturated carbocycles. The van der Waals surface area contributed by atoms with Gasteiger partial charge in [-0.15, -0.1) is 26.3 Å². The van der Waals surface area contributed by atoms with E-state index in [9.17, 15) is 26.3 Å². The van der Waals surface area contributed by atoms with Gasteiger partial charge in [0.2, 0.25) is 0 Å². The van der Waals surface area contributed by atoms with Crippen LogP contribution >= 0.6 is 0 Å². The van der Waals surface area contributed by atoms with Crippen LogP contribution in [-0.2, 0) is 0 Å². The van der Waals surface area contributed by atoms with Crippen molar-refractivity contribution in [2.45, 2.75) is 32.4 Å². The average molecular weight is 272 g/mol. The van der Waals surface area contributed by atoms with Gasteiger partial charge in [-0.25, -0.2) is 0 Å². The smallest absolute Gasteiger partial charge is 0.259 e. The summed E-state index contributed by atoms with van der Waals surface area (Å²) in [6.45, 7) is 3.46. The first-order chi connectivity index (χ1) is 8.03. The Labute approximate surface area is 99.2 Å². The summed E-state index contributed by atoms with van der Waals surface area (Å²) in [7, 11) is 0. The van der Waals surface area contributed by atoms with Crippen molar-refractivity contribution in [1.29, 1.82) is 0 Å². The predicted octanol–water partition coefficient (Wildman–Crippen LogP) is 4.05. The van der Waals surface area contributed by atoms with Crippen molar-refractivity contribution in [3.05, 3.63) is 24.0 Å². The molecule has 1 aromatic rings. The average Bonchev–Trinajstić information content (AvgIpc) is 2.13. The highest BCUT2D eigenvalue weighted by Crippen LogP contribution is 2.38. The van der Waals surface area contributed by atoms with E-state index in [1.807, 2.05) is 0 Å². The van der Waals surface area contributed by atoms with Crippen LogP contribution in [0.4, 0.5) is 32.0 Å². The van der Waals surface area contributed by atoms with Gasteiger partial charge in [0.05, 0.1) is 11.9 Å². The summed E-state index contributed by atoms with van der Waals surface area (Å²) < 4.78 is 74.0. The van der Waals surface area contributed by atoms with Crippen molar-refractivity contribution in [1.82, 2.24) is 4.98 Å². The van der Waals surface area contributed by atoms with Gasteiger partial charge >= 0.3 is 12.6 Å². The van der Waals surface area contributed by atoms with E-state index in [4.69, 9.17) is 0 Å². The van der Waals surface area contributed by atoms with Crippen LogP contribution < -0.4 is 4.90 Å². The van der Waals surface area contributed by atoms with E-state index in [-0.39, 0.29) is 5.92 Å². The van der Waals surface area contributed by atoms with Gasteiger partial charge in [-0.2, -0.15) is 4.90 Å². The van der Waals surface area contributed by atoms with E-state index in [0.29, 0.717) is 11.9 Å². The van der Waals surface area contributed by atoms with Crippen LogP contribution in [0.5, 0.6) is 0 Å². The largest absolute Gasteiger partial charge is 0.491 e. The van der Waals surface area contributed by atoms with E-state index >= 15 is 0 Å². The maximum atomic E-state index is 12.3. The molecule has 0 fully saturated rings. The third-order valence-corrected chi connectivity index (χ3v) is 2.13. The molecule has 0 aliphatic carbocycles. The Morgan fingerprint density at radius 1 is 1.00 bits per heavy atom. The first-order valence-corrected chi connectivity index (χ1v) is 4.93. The van der Waals surface area contributed by atoms with Crippen molar-refractivity contribution in [3.63, 3.8) is 0 Å². The molecule has 0 bridgehead atoms. The lowest BCUT2D eigenvalue weighted by Crippen LogP contribution is -2.48. The summed E-state index contributed by atoms with van der Waals surface area (Å²) in [5.74, 6) is -0.0794. The fourth-order valence-electron chi connectivity index (χ4n) is 1.31. The zero-order chi connectivity index (χ0) is 14.1. The molecular formula is C10H10F6N2. The molecular weight excluding hydrogens is 262 g/mol. The molecule has 2 nitrogen and oxygen atoms in total. The highest BCUT2D eigenvalue weighted by molar-refractivity contribution is 5.46. The van der Waals surface area contributed by atoms with Crippen LogP contribution in [0.25, 0.3) is 0 Å². The SMILES string of the molecule is CC(C)c1ccc(N(C(F)(F)F)C(F)(F)F)cn1. The Bertz CT molecular complexity index is 378. The number of aromatic nitrogens is 1. The minimum atomic E-state index is -5.54. The van der Waals surface area contributed by atoms with Gasteiger partial charge in [0.15, 0.2) is 0 Å². The van der Waals surface area contributed by atoms with Crippen LogP contribution in [0.2, 0.25) is 0 Å². The number of alkyl halides is 6. The third kappa shape index (κ3) is 3.27. The van der Waals surface area contributed by atoms with Crippen molar-refractivity contribution >= 4 is 5.69 Å². The number of halogens is 6. The number of anilines is 1. The maximum Gasteiger partial charge on any atom is 0.491 e. The third-order valence-electron chi connectivity index (χ3n) is 2.13. The predicted molar refractivity (Wildman–Crippen MR) is 52.9 cm³/mol. The van der Waals surface area contributed by atoms with Crippen LogP contribution in [0.15, 0.2) is 18.3 Å². The molecule has 0 saturated heterocycles. The van der Waals surface area contributed by atoms with E-state index in [0.717, 1.165) is 12.1 Å². The second kappa shape index (κ2) is 4.66. The summed E-state index contributed by atoms with van der Waals surface area (Å²) in [5, 5.41) is 0. The number of rotatable bonds is 2. The molecule has 0 N–H and O–H groups in total. The molecule has 0 radical (unpaired) electrons. The molecule has 0 aliphatic rings. The lowest BCUT2D eigenvalue weighted by molar-refractivity contribution is -0.226. The second-order valence-electron chi connectivity index (χ2n) is 3.87. The molecule has 0 amide bonds. The highest BCUT2D eigenvalue weighted by atomic mass is 19.4. The van der Waals surface area contributed by atoms with Crippen molar-refractivity contribution < 1.29 is 26.3 Å². The topological polar surface area (TPSA) is 16.1 Å². The Hall–Kier alpha value is -1.47. The Balaban J connectivity index is 3.16. The van der Waals surface area contributed by atoms with Gasteiger partial charge in [-0.3, -0.25) is 4.98 Å². The quantitative estimate of drug-likeness (QED) is 0.596. The van der Waals surface area contributed by atoms with E-state index in [1.165, 1.54) is 0 Å². The molecule has 0 aromatic carbocycles. The molecule has 0 spiro atoms. The van der Waals surface area contributed by atoms with Crippen LogP contribution in [-0.4, -0.2) is 17.6 Å². The van der Waals surface area contributed by atoms with E-state index in [1.54, 1.807) is 13.8 Å². The molecule has 1 aromatic heterocycles. The first-order valence-electron chi connectivity index (χ1n) is 4.93. The monoisotopic (exact) mass is 272 g/mol. The van der Waals surface area contributed by atoms with Crippen LogP contribution in [0.1, 0.15) is 25.5 Å². The number of hydrogen-bond donors (Lipinski definition) is 0. The van der Waals surface area contributed by atoms with Gasteiger partial charge in [0.1, 0.15) is 0 Å². The lowest BCUT2D eigenvalue weighted by Gasteiger charge is -2.28. The van der Waals surface area contributed by atoms with Crippen molar-refractivity contribution in [2.75, 3.05) is 4.90 Å². The lowest BCUT2D eigenvalue weighted by atomic mass is 10.1. The Morgan fingerprint density at radius 3 is 1.78 bits per heavy atom. The number of hydrogen-bond acceptors (Lipinski definition) is 2. The molecule has 0 unspecified atom stereocenters. The van der Waals surface area contributed by atoms with Crippen molar-refractivity contribution in [2.24, 2.45) is 0 Å². The summed E-state index contributed by atoms with van der Waals surface area (Å²) >= 11 is 0. The zero-order valence-corrected chi connectivity index (χ0v) is 9.47. The highest BCUT2D eigenvalue weighted by Gasteiger charge is 2.54. The normalized spacial score (nSPS) is 12.9. The van der Waals surface area contributed by atoms with Gasteiger partial charge < -0.3 is 0 Å².